The molecule has 0 bridgehead atoms. The number of carbonyl (C=O) groups is 2. The van der Waals surface area contributed by atoms with Gasteiger partial charge in [0.2, 0.25) is 0 Å². The van der Waals surface area contributed by atoms with E-state index < -0.39 is 0 Å². The molecule has 2 amide bonds. The summed E-state index contributed by atoms with van der Waals surface area (Å²) in [5.74, 6) is 0. The fraction of sp³-hybridized carbons (Fsp3) is 0.333. The molecule has 2 aromatic heterocycles. The Morgan fingerprint density at radius 2 is 1.21 bits per heavy atom. The van der Waals surface area contributed by atoms with Crippen LogP contribution >= 0.6 is 11.6 Å². The van der Waals surface area contributed by atoms with E-state index in [9.17, 15) is 9.59 Å². The Hall–Kier alpha value is -3.91. The first-order valence-corrected chi connectivity index (χ1v) is 13.9. The van der Waals surface area contributed by atoms with Crippen molar-refractivity contribution in [1.82, 2.24) is 29.8 Å². The third-order valence-electron chi connectivity index (χ3n) is 6.72. The number of aromatic nitrogens is 4. The van der Waals surface area contributed by atoms with Crippen LogP contribution in [-0.4, -0.2) is 67.4 Å². The quantitative estimate of drug-likeness (QED) is 0.218. The van der Waals surface area contributed by atoms with E-state index in [1.807, 2.05) is 72.0 Å². The Labute approximate surface area is 234 Å². The van der Waals surface area contributed by atoms with E-state index in [1.54, 1.807) is 11.1 Å². The van der Waals surface area contributed by atoms with E-state index in [-0.39, 0.29) is 11.4 Å². The molecule has 2 aliphatic rings. The summed E-state index contributed by atoms with van der Waals surface area (Å²) >= 11 is 5.24. The molecule has 0 saturated carbocycles. The lowest BCUT2D eigenvalue weighted by atomic mass is 10.1. The van der Waals surface area contributed by atoms with Crippen LogP contribution in [0.2, 0.25) is 0 Å². The fourth-order valence-electron chi connectivity index (χ4n) is 4.55. The number of nitrogens with zero attached hydrogens (tertiary/aromatic N) is 5. The van der Waals surface area contributed by atoms with E-state index >= 15 is 0 Å². The zero-order valence-electron chi connectivity index (χ0n) is 22.1. The number of benzene rings is 2. The normalized spacial score (nSPS) is 14.9. The topological polar surface area (TPSA) is 87.1 Å². The van der Waals surface area contributed by atoms with Gasteiger partial charge in [0.05, 0.1) is 12.4 Å². The second-order valence-electron chi connectivity index (χ2n) is 9.52. The minimum atomic E-state index is -0.297. The lowest BCUT2D eigenvalue weighted by Crippen LogP contribution is -2.38. The number of hydrogen-bond acceptors (Lipinski definition) is 4. The highest BCUT2D eigenvalue weighted by Crippen LogP contribution is 2.19. The largest absolute Gasteiger partial charge is 0.344 e. The Bertz CT molecular complexity index is 1270. The van der Waals surface area contributed by atoms with Crippen molar-refractivity contribution in [3.05, 3.63) is 85.5 Å². The number of likely N-dealkylation sites (tertiary alicyclic amines) is 2. The van der Waals surface area contributed by atoms with Gasteiger partial charge in [0, 0.05) is 49.7 Å². The van der Waals surface area contributed by atoms with Crippen LogP contribution in [0.15, 0.2) is 85.5 Å². The molecular weight excluding hydrogens is 512 g/mol. The average molecular weight is 547 g/mol. The van der Waals surface area contributed by atoms with E-state index in [0.29, 0.717) is 0 Å². The molecule has 0 atom stereocenters. The van der Waals surface area contributed by atoms with Gasteiger partial charge in [-0.1, -0.05) is 60.7 Å². The molecule has 0 radical (unpaired) electrons. The van der Waals surface area contributed by atoms with Crippen molar-refractivity contribution in [2.45, 2.75) is 38.5 Å². The molecule has 0 aliphatic carbocycles. The molecule has 9 heteroatoms. The van der Waals surface area contributed by atoms with Crippen LogP contribution < -0.4 is 0 Å². The van der Waals surface area contributed by atoms with Crippen molar-refractivity contribution in [2.75, 3.05) is 26.2 Å². The Morgan fingerprint density at radius 1 is 0.667 bits per heavy atom. The van der Waals surface area contributed by atoms with Gasteiger partial charge in [-0.2, -0.15) is 14.9 Å². The van der Waals surface area contributed by atoms with Crippen molar-refractivity contribution in [2.24, 2.45) is 0 Å². The molecule has 1 N–H and O–H groups in total. The number of aromatic amines is 1. The van der Waals surface area contributed by atoms with Gasteiger partial charge in [-0.3, -0.25) is 9.89 Å². The van der Waals surface area contributed by atoms with Crippen LogP contribution in [0.3, 0.4) is 0 Å². The predicted octanol–water partition coefficient (Wildman–Crippen LogP) is 6.91. The number of piperidine rings is 2. The molecule has 2 saturated heterocycles. The van der Waals surface area contributed by atoms with E-state index in [1.165, 1.54) is 23.1 Å². The third-order valence-corrected chi connectivity index (χ3v) is 6.96. The molecule has 8 nitrogen and oxygen atoms in total. The average Bonchev–Trinajstić information content (AvgIpc) is 3.73. The molecule has 2 fully saturated rings. The Kier molecular flexibility index (Phi) is 10.7. The van der Waals surface area contributed by atoms with Gasteiger partial charge < -0.3 is 9.80 Å². The second-order valence-corrected chi connectivity index (χ2v) is 9.85. The molecule has 4 heterocycles. The lowest BCUT2D eigenvalue weighted by molar-refractivity contribution is 0.185. The van der Waals surface area contributed by atoms with Crippen molar-refractivity contribution in [3.63, 3.8) is 0 Å². The van der Waals surface area contributed by atoms with Crippen LogP contribution in [0.1, 0.15) is 38.5 Å². The first kappa shape index (κ1) is 28.1. The number of rotatable bonds is 2. The Balaban J connectivity index is 0.000000149. The zero-order valence-corrected chi connectivity index (χ0v) is 22.8. The summed E-state index contributed by atoms with van der Waals surface area (Å²) in [6, 6.07) is 20.1. The first-order chi connectivity index (χ1) is 19.1. The number of nitrogens with one attached hydrogen (secondary N) is 1. The van der Waals surface area contributed by atoms with Crippen LogP contribution in [0.25, 0.3) is 22.3 Å². The fourth-order valence-corrected chi connectivity index (χ4v) is 4.72. The molecule has 2 aromatic carbocycles. The molecule has 2 aliphatic heterocycles. The standard InChI is InChI=1S/C15H17N3O.C9H8N2.C6H10ClNO/c19-15(17-9-5-2-6-10-17)18-12-14(11-16-18)13-7-3-1-4-8-13;1-2-4-8(5-3-1)9-6-10-11-7-9;7-6(9)8-4-2-1-3-5-8/h1,3-4,7-8,11-12H,2,5-6,9-10H2;1-7H,(H,10,11);1-5H2. The van der Waals surface area contributed by atoms with Crippen LogP contribution in [-0.2, 0) is 0 Å². The minimum Gasteiger partial charge on any atom is -0.329 e. The van der Waals surface area contributed by atoms with Gasteiger partial charge in [0.25, 0.3) is 0 Å². The third kappa shape index (κ3) is 8.55. The summed E-state index contributed by atoms with van der Waals surface area (Å²) in [4.78, 5) is 26.3. The highest BCUT2D eigenvalue weighted by molar-refractivity contribution is 6.62. The highest BCUT2D eigenvalue weighted by Gasteiger charge is 2.19. The molecule has 204 valence electrons. The molecule has 39 heavy (non-hydrogen) atoms. The summed E-state index contributed by atoms with van der Waals surface area (Å²) in [7, 11) is 0. The van der Waals surface area contributed by atoms with Crippen molar-refractivity contribution >= 4 is 23.0 Å². The minimum absolute atomic E-state index is 0.0121. The summed E-state index contributed by atoms with van der Waals surface area (Å²) in [6.45, 7) is 3.39. The smallest absolute Gasteiger partial charge is 0.329 e. The number of H-pyrrole nitrogens is 1. The SMILES string of the molecule is O=C(Cl)N1CCCCC1.O=C(N1CCCCC1)n1cc(-c2ccccc2)cn1.c1ccc(-c2cn[nH]c2)cc1. The summed E-state index contributed by atoms with van der Waals surface area (Å²) in [5, 5.41) is 10.5. The van der Waals surface area contributed by atoms with Gasteiger partial charge >= 0.3 is 11.4 Å². The maximum Gasteiger partial charge on any atom is 0.344 e. The summed E-state index contributed by atoms with van der Waals surface area (Å²) < 4.78 is 1.45. The number of amides is 2. The van der Waals surface area contributed by atoms with E-state index in [2.05, 4.69) is 27.4 Å². The van der Waals surface area contributed by atoms with Gasteiger partial charge in [0.15, 0.2) is 0 Å². The predicted molar refractivity (Wildman–Crippen MR) is 155 cm³/mol. The van der Waals surface area contributed by atoms with Crippen molar-refractivity contribution in [1.29, 1.82) is 0 Å². The first-order valence-electron chi connectivity index (χ1n) is 13.5. The van der Waals surface area contributed by atoms with Gasteiger partial charge in [0.1, 0.15) is 0 Å². The van der Waals surface area contributed by atoms with Gasteiger partial charge in [-0.25, -0.2) is 4.79 Å². The maximum absolute atomic E-state index is 12.3. The van der Waals surface area contributed by atoms with Crippen molar-refractivity contribution < 1.29 is 9.59 Å². The summed E-state index contributed by atoms with van der Waals surface area (Å²) in [5.41, 5.74) is 4.39. The van der Waals surface area contributed by atoms with E-state index in [0.717, 1.165) is 68.6 Å². The molecule has 0 spiro atoms. The van der Waals surface area contributed by atoms with Gasteiger partial charge in [-0.15, -0.1) is 0 Å². The van der Waals surface area contributed by atoms with Crippen molar-refractivity contribution in [3.8, 4) is 22.3 Å². The summed E-state index contributed by atoms with van der Waals surface area (Å²) in [6.07, 6.45) is 14.1. The highest BCUT2D eigenvalue weighted by atomic mass is 35.5. The molecule has 0 unspecified atom stereocenters. The maximum atomic E-state index is 12.3. The van der Waals surface area contributed by atoms with Crippen LogP contribution in [0.5, 0.6) is 0 Å². The van der Waals surface area contributed by atoms with Crippen LogP contribution in [0, 0.1) is 0 Å². The van der Waals surface area contributed by atoms with E-state index in [4.69, 9.17) is 11.6 Å². The molecule has 4 aromatic rings. The number of carbonyl (C=O) groups excluding carboxylic acids is 2. The van der Waals surface area contributed by atoms with Crippen LogP contribution in [0.4, 0.5) is 9.59 Å². The molecule has 6 rings (SSSR count). The molecular formula is C30H35ClN6O2. The number of hydrogen-bond donors (Lipinski definition) is 1. The lowest BCUT2D eigenvalue weighted by Gasteiger charge is -2.25. The van der Waals surface area contributed by atoms with Gasteiger partial charge in [-0.05, 0) is 61.3 Å². The number of halogens is 1. The monoisotopic (exact) mass is 546 g/mol. The Morgan fingerprint density at radius 3 is 1.69 bits per heavy atom. The second kappa shape index (κ2) is 14.9. The zero-order chi connectivity index (χ0) is 27.3.